The van der Waals surface area contributed by atoms with Crippen molar-refractivity contribution in [1.82, 2.24) is 9.55 Å². The van der Waals surface area contributed by atoms with Crippen molar-refractivity contribution in [3.63, 3.8) is 0 Å². The number of thiazole rings is 1. The molecule has 0 saturated heterocycles. The van der Waals surface area contributed by atoms with Gasteiger partial charge >= 0.3 is 0 Å². The van der Waals surface area contributed by atoms with E-state index in [4.69, 9.17) is 0 Å². The van der Waals surface area contributed by atoms with E-state index in [-0.39, 0.29) is 11.0 Å². The Hall–Kier alpha value is -1.62. The zero-order valence-corrected chi connectivity index (χ0v) is 12.5. The van der Waals surface area contributed by atoms with Crippen molar-refractivity contribution < 1.29 is 0 Å². The standard InChI is InChI=1S/C14H19N3OS/c1-14(2,3)13-16-11(9-19-13)7-15-10-5-6-12(18)17(4)8-10/h5-6,8-9,15H,7H2,1-4H3. The maximum Gasteiger partial charge on any atom is 0.250 e. The van der Waals surface area contributed by atoms with E-state index < -0.39 is 0 Å². The Balaban J connectivity index is 2.04. The van der Waals surface area contributed by atoms with Crippen molar-refractivity contribution in [3.8, 4) is 0 Å². The molecule has 2 aromatic heterocycles. The van der Waals surface area contributed by atoms with Crippen molar-refractivity contribution in [2.45, 2.75) is 32.7 Å². The quantitative estimate of drug-likeness (QED) is 0.938. The Morgan fingerprint density at radius 2 is 2.11 bits per heavy atom. The summed E-state index contributed by atoms with van der Waals surface area (Å²) in [5, 5.41) is 6.50. The summed E-state index contributed by atoms with van der Waals surface area (Å²) in [6.07, 6.45) is 1.79. The van der Waals surface area contributed by atoms with Crippen LogP contribution in [-0.2, 0) is 19.0 Å². The first-order valence-electron chi connectivity index (χ1n) is 6.22. The van der Waals surface area contributed by atoms with Gasteiger partial charge in [-0.1, -0.05) is 20.8 Å². The maximum absolute atomic E-state index is 11.3. The number of nitrogens with zero attached hydrogens (tertiary/aromatic N) is 2. The minimum atomic E-state index is -0.00535. The van der Waals surface area contributed by atoms with Gasteiger partial charge in [0.15, 0.2) is 0 Å². The average molecular weight is 277 g/mol. The Bertz CT molecular complexity index is 622. The molecule has 2 aromatic rings. The van der Waals surface area contributed by atoms with Crippen LogP contribution >= 0.6 is 11.3 Å². The van der Waals surface area contributed by atoms with Crippen LogP contribution in [0.5, 0.6) is 0 Å². The molecule has 0 spiro atoms. The zero-order valence-electron chi connectivity index (χ0n) is 11.7. The minimum absolute atomic E-state index is 0.00535. The van der Waals surface area contributed by atoms with Gasteiger partial charge in [0, 0.05) is 30.1 Å². The predicted molar refractivity (Wildman–Crippen MR) is 79.8 cm³/mol. The number of aryl methyl sites for hydroxylation is 1. The predicted octanol–water partition coefficient (Wildman–Crippen LogP) is 2.75. The van der Waals surface area contributed by atoms with Crippen LogP contribution in [0.3, 0.4) is 0 Å². The molecule has 2 rings (SSSR count). The van der Waals surface area contributed by atoms with Crippen LogP contribution in [0.4, 0.5) is 5.69 Å². The van der Waals surface area contributed by atoms with Crippen LogP contribution < -0.4 is 10.9 Å². The van der Waals surface area contributed by atoms with Crippen LogP contribution in [0.1, 0.15) is 31.5 Å². The summed E-state index contributed by atoms with van der Waals surface area (Å²) in [6, 6.07) is 3.35. The fourth-order valence-electron chi connectivity index (χ4n) is 1.62. The summed E-state index contributed by atoms with van der Waals surface area (Å²) in [4.78, 5) is 15.9. The summed E-state index contributed by atoms with van der Waals surface area (Å²) in [7, 11) is 1.74. The molecule has 5 heteroatoms. The molecule has 19 heavy (non-hydrogen) atoms. The van der Waals surface area contributed by atoms with Crippen molar-refractivity contribution >= 4 is 17.0 Å². The maximum atomic E-state index is 11.3. The SMILES string of the molecule is Cn1cc(NCc2csc(C(C)(C)C)n2)ccc1=O. The van der Waals surface area contributed by atoms with Crippen LogP contribution in [0.15, 0.2) is 28.5 Å². The number of nitrogens with one attached hydrogen (secondary N) is 1. The number of hydrogen-bond donors (Lipinski definition) is 1. The number of anilines is 1. The third-order valence-corrected chi connectivity index (χ3v) is 4.07. The molecule has 102 valence electrons. The van der Waals surface area contributed by atoms with Crippen LogP contribution in [-0.4, -0.2) is 9.55 Å². The average Bonchev–Trinajstić information content (AvgIpc) is 2.79. The summed E-state index contributed by atoms with van der Waals surface area (Å²) in [5.41, 5.74) is 2.05. The van der Waals surface area contributed by atoms with Crippen LogP contribution in [0, 0.1) is 0 Å². The summed E-state index contributed by atoms with van der Waals surface area (Å²) in [5.74, 6) is 0. The number of pyridine rings is 1. The summed E-state index contributed by atoms with van der Waals surface area (Å²) >= 11 is 1.69. The van der Waals surface area contributed by atoms with Crippen molar-refractivity contribution in [2.24, 2.45) is 7.05 Å². The van der Waals surface area contributed by atoms with Gasteiger partial charge in [-0.05, 0) is 6.07 Å². The molecule has 1 N–H and O–H groups in total. The second-order valence-electron chi connectivity index (χ2n) is 5.61. The molecule has 0 aliphatic heterocycles. The molecule has 0 aliphatic carbocycles. The first kappa shape index (κ1) is 13.8. The third kappa shape index (κ3) is 3.44. The molecule has 0 aromatic carbocycles. The second kappa shape index (κ2) is 5.17. The Kier molecular flexibility index (Phi) is 3.75. The fourth-order valence-corrected chi connectivity index (χ4v) is 2.53. The van der Waals surface area contributed by atoms with Crippen molar-refractivity contribution in [2.75, 3.05) is 5.32 Å². The van der Waals surface area contributed by atoms with Crippen LogP contribution in [0.2, 0.25) is 0 Å². The lowest BCUT2D eigenvalue weighted by molar-refractivity contribution is 0.583. The van der Waals surface area contributed by atoms with Crippen molar-refractivity contribution in [1.29, 1.82) is 0 Å². The van der Waals surface area contributed by atoms with Crippen molar-refractivity contribution in [3.05, 3.63) is 44.8 Å². The smallest absolute Gasteiger partial charge is 0.250 e. The molecule has 0 radical (unpaired) electrons. The number of hydrogen-bond acceptors (Lipinski definition) is 4. The van der Waals surface area contributed by atoms with Gasteiger partial charge in [0.2, 0.25) is 5.56 Å². The lowest BCUT2D eigenvalue weighted by Gasteiger charge is -2.13. The van der Waals surface area contributed by atoms with E-state index in [1.54, 1.807) is 41.3 Å². The highest BCUT2D eigenvalue weighted by molar-refractivity contribution is 7.09. The molecule has 0 fully saturated rings. The summed E-state index contributed by atoms with van der Waals surface area (Å²) < 4.78 is 1.56. The molecule has 4 nitrogen and oxygen atoms in total. The van der Waals surface area contributed by atoms with E-state index in [0.717, 1.165) is 16.4 Å². The van der Waals surface area contributed by atoms with Gasteiger partial charge in [0.25, 0.3) is 0 Å². The highest BCUT2D eigenvalue weighted by Crippen LogP contribution is 2.25. The van der Waals surface area contributed by atoms with E-state index in [1.165, 1.54) is 0 Å². The molecule has 0 amide bonds. The molecular formula is C14H19N3OS. The van der Waals surface area contributed by atoms with Crippen LogP contribution in [0.25, 0.3) is 0 Å². The van der Waals surface area contributed by atoms with Gasteiger partial charge in [0.1, 0.15) is 0 Å². The van der Waals surface area contributed by atoms with E-state index >= 15 is 0 Å². The van der Waals surface area contributed by atoms with E-state index in [1.807, 2.05) is 0 Å². The summed E-state index contributed by atoms with van der Waals surface area (Å²) in [6.45, 7) is 7.16. The first-order chi connectivity index (χ1) is 8.86. The topological polar surface area (TPSA) is 46.9 Å². The Labute approximate surface area is 117 Å². The zero-order chi connectivity index (χ0) is 14.0. The van der Waals surface area contributed by atoms with Gasteiger partial charge in [-0.2, -0.15) is 0 Å². The first-order valence-corrected chi connectivity index (χ1v) is 7.09. The third-order valence-electron chi connectivity index (χ3n) is 2.75. The van der Waals surface area contributed by atoms with E-state index in [2.05, 4.69) is 36.5 Å². The Morgan fingerprint density at radius 1 is 1.37 bits per heavy atom. The number of aromatic nitrogens is 2. The highest BCUT2D eigenvalue weighted by atomic mass is 32.1. The van der Waals surface area contributed by atoms with Gasteiger partial charge in [0.05, 0.1) is 22.9 Å². The van der Waals surface area contributed by atoms with E-state index in [9.17, 15) is 4.79 Å². The van der Waals surface area contributed by atoms with E-state index in [0.29, 0.717) is 6.54 Å². The highest BCUT2D eigenvalue weighted by Gasteiger charge is 2.17. The molecule has 0 bridgehead atoms. The lowest BCUT2D eigenvalue weighted by Crippen LogP contribution is -2.15. The largest absolute Gasteiger partial charge is 0.378 e. The molecule has 0 unspecified atom stereocenters. The van der Waals surface area contributed by atoms with Gasteiger partial charge in [-0.3, -0.25) is 4.79 Å². The number of rotatable bonds is 3. The van der Waals surface area contributed by atoms with Gasteiger partial charge in [-0.25, -0.2) is 4.98 Å². The molecule has 0 atom stereocenters. The molecule has 0 aliphatic rings. The fraction of sp³-hybridized carbons (Fsp3) is 0.429. The molecule has 0 saturated carbocycles. The minimum Gasteiger partial charge on any atom is -0.378 e. The van der Waals surface area contributed by atoms with Gasteiger partial charge in [-0.15, -0.1) is 11.3 Å². The lowest BCUT2D eigenvalue weighted by atomic mass is 9.98. The Morgan fingerprint density at radius 3 is 2.68 bits per heavy atom. The normalized spacial score (nSPS) is 11.6. The molecule has 2 heterocycles. The molecular weight excluding hydrogens is 258 g/mol. The second-order valence-corrected chi connectivity index (χ2v) is 6.47. The monoisotopic (exact) mass is 277 g/mol. The van der Waals surface area contributed by atoms with Gasteiger partial charge < -0.3 is 9.88 Å².